The van der Waals surface area contributed by atoms with E-state index >= 15 is 0 Å². The molecule has 0 fully saturated rings. The van der Waals surface area contributed by atoms with E-state index in [0.29, 0.717) is 0 Å². The normalized spacial score (nSPS) is 10.3. The van der Waals surface area contributed by atoms with Crippen LogP contribution in [0.15, 0.2) is 60.7 Å². The molecule has 0 heterocycles. The van der Waals surface area contributed by atoms with E-state index in [1.807, 2.05) is 60.7 Å². The van der Waals surface area contributed by atoms with Gasteiger partial charge in [-0.2, -0.15) is 0 Å². The molecule has 2 aromatic carbocycles. The van der Waals surface area contributed by atoms with Gasteiger partial charge in [-0.15, -0.1) is 0 Å². The maximum absolute atomic E-state index is 13.8. The number of carbonyl (C=O) groups excluding carboxylic acids is 2. The number of hydrogen-bond acceptors (Lipinski definition) is 2. The van der Waals surface area contributed by atoms with Crippen LogP contribution in [0.5, 0.6) is 0 Å². The summed E-state index contributed by atoms with van der Waals surface area (Å²) in [5, 5.41) is 4.81. The summed E-state index contributed by atoms with van der Waals surface area (Å²) in [4.78, 5) is 23.2. The lowest BCUT2D eigenvalue weighted by atomic mass is 10.2. The molecule has 0 unspecified atom stereocenters. The molecule has 2 aromatic rings. The standard InChI is InChI=1S/C17H17FN2O2/c18-15(16(21)19-11-13-7-3-1-4-8-13)17(22)20-12-14-9-5-2-6-10-14/h1-10,15H,11-12H2,(H,19,21)(H,20,22). The van der Waals surface area contributed by atoms with Crippen LogP contribution in [-0.4, -0.2) is 18.0 Å². The summed E-state index contributed by atoms with van der Waals surface area (Å²) in [6.07, 6.45) is -2.22. The summed E-state index contributed by atoms with van der Waals surface area (Å²) in [5.74, 6) is -1.87. The Bertz CT molecular complexity index is 562. The minimum Gasteiger partial charge on any atom is -0.349 e. The zero-order chi connectivity index (χ0) is 15.8. The minimum atomic E-state index is -2.22. The van der Waals surface area contributed by atoms with Gasteiger partial charge in [-0.1, -0.05) is 60.7 Å². The van der Waals surface area contributed by atoms with E-state index in [1.54, 1.807) is 0 Å². The van der Waals surface area contributed by atoms with Crippen molar-refractivity contribution in [3.63, 3.8) is 0 Å². The molecule has 0 aliphatic heterocycles. The van der Waals surface area contributed by atoms with Gasteiger partial charge in [0.15, 0.2) is 0 Å². The fraction of sp³-hybridized carbons (Fsp3) is 0.176. The topological polar surface area (TPSA) is 58.2 Å². The molecule has 4 nitrogen and oxygen atoms in total. The van der Waals surface area contributed by atoms with Crippen LogP contribution in [0.25, 0.3) is 0 Å². The first-order valence-electron chi connectivity index (χ1n) is 6.94. The average Bonchev–Trinajstić information content (AvgIpc) is 2.58. The van der Waals surface area contributed by atoms with E-state index < -0.39 is 18.0 Å². The highest BCUT2D eigenvalue weighted by Gasteiger charge is 2.25. The minimum absolute atomic E-state index is 0.187. The molecule has 0 saturated heterocycles. The second-order valence-electron chi connectivity index (χ2n) is 4.77. The predicted octanol–water partition coefficient (Wildman–Crippen LogP) is 1.96. The van der Waals surface area contributed by atoms with E-state index in [4.69, 9.17) is 0 Å². The van der Waals surface area contributed by atoms with Gasteiger partial charge in [0, 0.05) is 13.1 Å². The SMILES string of the molecule is O=C(NCc1ccccc1)C(F)C(=O)NCc1ccccc1. The fourth-order valence-electron chi connectivity index (χ4n) is 1.87. The number of carbonyl (C=O) groups is 2. The summed E-state index contributed by atoms with van der Waals surface area (Å²) in [5.41, 5.74) is 1.68. The van der Waals surface area contributed by atoms with Crippen molar-refractivity contribution in [2.75, 3.05) is 0 Å². The van der Waals surface area contributed by atoms with Gasteiger partial charge < -0.3 is 10.6 Å². The molecule has 0 saturated carbocycles. The third kappa shape index (κ3) is 4.70. The van der Waals surface area contributed by atoms with E-state index in [1.165, 1.54) is 0 Å². The zero-order valence-electron chi connectivity index (χ0n) is 12.0. The smallest absolute Gasteiger partial charge is 0.264 e. The van der Waals surface area contributed by atoms with Gasteiger partial charge in [-0.25, -0.2) is 4.39 Å². The van der Waals surface area contributed by atoms with Crippen LogP contribution >= 0.6 is 0 Å². The van der Waals surface area contributed by atoms with Gasteiger partial charge in [0.05, 0.1) is 0 Å². The van der Waals surface area contributed by atoms with Crippen LogP contribution in [-0.2, 0) is 22.7 Å². The summed E-state index contributed by atoms with van der Waals surface area (Å²) in [7, 11) is 0. The van der Waals surface area contributed by atoms with Crippen LogP contribution in [0.3, 0.4) is 0 Å². The fourth-order valence-corrected chi connectivity index (χ4v) is 1.87. The molecule has 2 amide bonds. The van der Waals surface area contributed by atoms with E-state index in [0.717, 1.165) is 11.1 Å². The Morgan fingerprint density at radius 1 is 0.773 bits per heavy atom. The summed E-state index contributed by atoms with van der Waals surface area (Å²) < 4.78 is 13.8. The average molecular weight is 300 g/mol. The molecule has 0 radical (unpaired) electrons. The molecular formula is C17H17FN2O2. The highest BCUT2D eigenvalue weighted by atomic mass is 19.1. The van der Waals surface area contributed by atoms with Crippen molar-refractivity contribution in [2.24, 2.45) is 0 Å². The Morgan fingerprint density at radius 3 is 1.50 bits per heavy atom. The first kappa shape index (κ1) is 15.7. The van der Waals surface area contributed by atoms with Crippen molar-refractivity contribution in [3.8, 4) is 0 Å². The molecule has 0 aliphatic carbocycles. The Labute approximate surface area is 128 Å². The molecule has 114 valence electrons. The van der Waals surface area contributed by atoms with E-state index in [2.05, 4.69) is 10.6 Å². The Kier molecular flexibility index (Phi) is 5.65. The van der Waals surface area contributed by atoms with Crippen LogP contribution < -0.4 is 10.6 Å². The molecule has 0 aromatic heterocycles. The number of nitrogens with one attached hydrogen (secondary N) is 2. The van der Waals surface area contributed by atoms with Crippen molar-refractivity contribution in [1.29, 1.82) is 0 Å². The van der Waals surface area contributed by atoms with Crippen molar-refractivity contribution < 1.29 is 14.0 Å². The highest BCUT2D eigenvalue weighted by Crippen LogP contribution is 2.01. The molecule has 0 aliphatic rings. The third-order valence-electron chi connectivity index (χ3n) is 3.08. The van der Waals surface area contributed by atoms with E-state index in [9.17, 15) is 14.0 Å². The Hall–Kier alpha value is -2.69. The Morgan fingerprint density at radius 2 is 1.14 bits per heavy atom. The predicted molar refractivity (Wildman–Crippen MR) is 81.5 cm³/mol. The molecule has 22 heavy (non-hydrogen) atoms. The molecule has 2 rings (SSSR count). The number of halogens is 1. The van der Waals surface area contributed by atoms with Crippen molar-refractivity contribution >= 4 is 11.8 Å². The maximum atomic E-state index is 13.8. The van der Waals surface area contributed by atoms with Gasteiger partial charge in [-0.3, -0.25) is 9.59 Å². The lowest BCUT2D eigenvalue weighted by Crippen LogP contribution is -2.42. The summed E-state index contributed by atoms with van der Waals surface area (Å²) in [6.45, 7) is 0.373. The first-order valence-corrected chi connectivity index (χ1v) is 6.94. The monoisotopic (exact) mass is 300 g/mol. The summed E-state index contributed by atoms with van der Waals surface area (Å²) in [6, 6.07) is 18.2. The maximum Gasteiger partial charge on any atom is 0.264 e. The Balaban J connectivity index is 1.78. The zero-order valence-corrected chi connectivity index (χ0v) is 12.0. The number of amides is 2. The quantitative estimate of drug-likeness (QED) is 0.801. The lowest BCUT2D eigenvalue weighted by Gasteiger charge is -2.10. The van der Waals surface area contributed by atoms with Gasteiger partial charge in [0.2, 0.25) is 0 Å². The van der Waals surface area contributed by atoms with Crippen LogP contribution in [0.2, 0.25) is 0 Å². The number of benzene rings is 2. The second kappa shape index (κ2) is 7.93. The van der Waals surface area contributed by atoms with Crippen molar-refractivity contribution in [1.82, 2.24) is 10.6 Å². The van der Waals surface area contributed by atoms with Gasteiger partial charge in [-0.05, 0) is 11.1 Å². The van der Waals surface area contributed by atoms with Gasteiger partial charge in [0.25, 0.3) is 18.0 Å². The number of rotatable bonds is 6. The van der Waals surface area contributed by atoms with Crippen LogP contribution in [0, 0.1) is 0 Å². The van der Waals surface area contributed by atoms with E-state index in [-0.39, 0.29) is 13.1 Å². The lowest BCUT2D eigenvalue weighted by molar-refractivity contribution is -0.136. The largest absolute Gasteiger partial charge is 0.349 e. The van der Waals surface area contributed by atoms with Crippen LogP contribution in [0.1, 0.15) is 11.1 Å². The van der Waals surface area contributed by atoms with Gasteiger partial charge >= 0.3 is 0 Å². The third-order valence-corrected chi connectivity index (χ3v) is 3.08. The number of hydrogen-bond donors (Lipinski definition) is 2. The molecule has 0 bridgehead atoms. The van der Waals surface area contributed by atoms with Crippen molar-refractivity contribution in [3.05, 3.63) is 71.8 Å². The number of alkyl halides is 1. The molecule has 0 spiro atoms. The molecular weight excluding hydrogens is 283 g/mol. The molecule has 5 heteroatoms. The molecule has 0 atom stereocenters. The summed E-state index contributed by atoms with van der Waals surface area (Å²) >= 11 is 0. The second-order valence-corrected chi connectivity index (χ2v) is 4.77. The first-order chi connectivity index (χ1) is 10.7. The van der Waals surface area contributed by atoms with Gasteiger partial charge in [0.1, 0.15) is 0 Å². The highest BCUT2D eigenvalue weighted by molar-refractivity contribution is 6.03. The van der Waals surface area contributed by atoms with Crippen LogP contribution in [0.4, 0.5) is 4.39 Å². The van der Waals surface area contributed by atoms with Crippen molar-refractivity contribution in [2.45, 2.75) is 19.3 Å². The molecule has 2 N–H and O–H groups in total.